The molecule has 0 aromatic rings. The van der Waals surface area contributed by atoms with Gasteiger partial charge in [-0.3, -0.25) is 0 Å². The van der Waals surface area contributed by atoms with Gasteiger partial charge in [-0.05, 0) is 114 Å². The Bertz CT molecular complexity index is 170. The maximum Gasteiger partial charge on any atom is 0 e. The summed E-state index contributed by atoms with van der Waals surface area (Å²) in [6.45, 7) is 6.49. The first kappa shape index (κ1) is 23.3. The van der Waals surface area contributed by atoms with E-state index in [2.05, 4.69) is 97.8 Å². The van der Waals surface area contributed by atoms with E-state index in [0.29, 0.717) is 0 Å². The molecule has 0 nitrogen and oxygen atoms in total. The standard InChI is InChI=1S/3C7H9.Gd/c3*1-2-7-5-3-4-6-7;/h3*3-6H,2H2,1H3;. The summed E-state index contributed by atoms with van der Waals surface area (Å²) in [4.78, 5) is 0. The van der Waals surface area contributed by atoms with Crippen molar-refractivity contribution < 1.29 is 39.9 Å². The van der Waals surface area contributed by atoms with E-state index in [0.717, 1.165) is 19.3 Å². The fraction of sp³-hybridized carbons (Fsp3) is 0.286. The van der Waals surface area contributed by atoms with Gasteiger partial charge in [-0.1, -0.05) is 20.8 Å². The Balaban J connectivity index is 0.000000294. The van der Waals surface area contributed by atoms with Crippen LogP contribution in [0.5, 0.6) is 0 Å². The number of hydrogen-bond donors (Lipinski definition) is 0. The van der Waals surface area contributed by atoms with E-state index >= 15 is 0 Å². The Hall–Kier alpha value is 1.32. The molecule has 0 N–H and O–H groups in total. The summed E-state index contributed by atoms with van der Waals surface area (Å²) in [5, 5.41) is 0. The molecule has 0 unspecified atom stereocenters. The Kier molecular flexibility index (Phi) is 16.8. The van der Waals surface area contributed by atoms with Crippen LogP contribution in [0.25, 0.3) is 0 Å². The average Bonchev–Trinajstić information content (AvgIpc) is 3.31. The molecular weight excluding hydrogens is 409 g/mol. The molecular formula is C21H27Gd. The summed E-state index contributed by atoms with van der Waals surface area (Å²) >= 11 is 0. The molecule has 119 valence electrons. The molecule has 0 atom stereocenters. The molecule has 3 aliphatic rings. The van der Waals surface area contributed by atoms with Crippen molar-refractivity contribution in [3.05, 3.63) is 94.8 Å². The summed E-state index contributed by atoms with van der Waals surface area (Å²) in [5.41, 5.74) is 0. The zero-order chi connectivity index (χ0) is 15.3. The van der Waals surface area contributed by atoms with Gasteiger partial charge in [0.15, 0.2) is 0 Å². The van der Waals surface area contributed by atoms with E-state index in [9.17, 15) is 0 Å². The Morgan fingerprint density at radius 2 is 0.636 bits per heavy atom. The molecule has 0 heterocycles. The topological polar surface area (TPSA) is 0 Å². The van der Waals surface area contributed by atoms with Crippen molar-refractivity contribution in [2.45, 2.75) is 40.0 Å². The molecule has 0 amide bonds. The van der Waals surface area contributed by atoms with Gasteiger partial charge in [0.25, 0.3) is 0 Å². The van der Waals surface area contributed by atoms with Crippen molar-refractivity contribution in [3.8, 4) is 0 Å². The summed E-state index contributed by atoms with van der Waals surface area (Å²) in [5.74, 6) is 4.29. The van der Waals surface area contributed by atoms with Crippen molar-refractivity contribution in [2.75, 3.05) is 0 Å². The first-order valence-corrected chi connectivity index (χ1v) is 7.91. The molecule has 1 heteroatoms. The predicted octanol–water partition coefficient (Wildman–Crippen LogP) is 5.40. The van der Waals surface area contributed by atoms with E-state index in [1.54, 1.807) is 0 Å². The first-order valence-electron chi connectivity index (χ1n) is 7.91. The fourth-order valence-corrected chi connectivity index (χ4v) is 1.95. The number of rotatable bonds is 3. The van der Waals surface area contributed by atoms with Crippen molar-refractivity contribution in [2.24, 2.45) is 0 Å². The summed E-state index contributed by atoms with van der Waals surface area (Å²) in [6.07, 6.45) is 28.7. The minimum Gasteiger partial charge on any atom is -0.0648 e. The molecule has 22 heavy (non-hydrogen) atoms. The van der Waals surface area contributed by atoms with Gasteiger partial charge >= 0.3 is 0 Å². The van der Waals surface area contributed by atoms with Crippen LogP contribution in [0.15, 0.2) is 0 Å². The van der Waals surface area contributed by atoms with Gasteiger partial charge in [0.1, 0.15) is 0 Å². The van der Waals surface area contributed by atoms with Crippen LogP contribution in [0, 0.1) is 135 Å². The maximum absolute atomic E-state index is 2.16. The summed E-state index contributed by atoms with van der Waals surface area (Å²) in [6, 6.07) is 0. The van der Waals surface area contributed by atoms with Crippen molar-refractivity contribution >= 4 is 0 Å². The van der Waals surface area contributed by atoms with Crippen molar-refractivity contribution in [3.63, 3.8) is 0 Å². The van der Waals surface area contributed by atoms with E-state index in [1.807, 2.05) is 0 Å². The Morgan fingerprint density at radius 1 is 0.455 bits per heavy atom. The largest absolute Gasteiger partial charge is 0.0648 e. The van der Waals surface area contributed by atoms with E-state index < -0.39 is 0 Å². The Morgan fingerprint density at radius 3 is 0.727 bits per heavy atom. The summed E-state index contributed by atoms with van der Waals surface area (Å²) in [7, 11) is 0. The van der Waals surface area contributed by atoms with Gasteiger partial charge in [-0.15, -0.1) is 0 Å². The second-order valence-corrected chi connectivity index (χ2v) is 4.94. The predicted molar refractivity (Wildman–Crippen MR) is 92.2 cm³/mol. The molecule has 3 aliphatic carbocycles. The zero-order valence-corrected chi connectivity index (χ0v) is 16.2. The molecule has 0 bridgehead atoms. The molecule has 3 saturated carbocycles. The normalized spacial score (nSPS) is 22.5. The third kappa shape index (κ3) is 11.0. The molecule has 0 aromatic carbocycles. The third-order valence-corrected chi connectivity index (χ3v) is 3.42. The van der Waals surface area contributed by atoms with Crippen LogP contribution < -0.4 is 0 Å². The molecule has 0 spiro atoms. The van der Waals surface area contributed by atoms with Crippen LogP contribution in [0.1, 0.15) is 40.0 Å². The van der Waals surface area contributed by atoms with Crippen LogP contribution in [-0.4, -0.2) is 0 Å². The van der Waals surface area contributed by atoms with E-state index in [4.69, 9.17) is 0 Å². The number of hydrogen-bond acceptors (Lipinski definition) is 0. The molecule has 0 aromatic heterocycles. The SMILES string of the molecule is CC[C]1[CH][CH][CH][CH]1.CC[C]1[CH][CH][CH][CH]1.CC[C]1[CH][CH][CH][CH]1.[Gd]. The van der Waals surface area contributed by atoms with Gasteiger partial charge in [-0.25, -0.2) is 0 Å². The molecule has 15 radical (unpaired) electrons. The molecule has 0 saturated heterocycles. The molecule has 3 fully saturated rings. The van der Waals surface area contributed by atoms with Crippen LogP contribution in [0.2, 0.25) is 0 Å². The van der Waals surface area contributed by atoms with E-state index in [1.165, 1.54) is 17.8 Å². The molecule has 0 aliphatic heterocycles. The van der Waals surface area contributed by atoms with Gasteiger partial charge < -0.3 is 0 Å². The first-order chi connectivity index (χ1) is 10.3. The van der Waals surface area contributed by atoms with Gasteiger partial charge in [-0.2, -0.15) is 0 Å². The van der Waals surface area contributed by atoms with Crippen molar-refractivity contribution in [1.82, 2.24) is 0 Å². The fourth-order valence-electron chi connectivity index (χ4n) is 1.95. The van der Waals surface area contributed by atoms with Crippen LogP contribution in [-0.2, 0) is 0 Å². The second kappa shape index (κ2) is 15.8. The molecule has 3 rings (SSSR count). The zero-order valence-electron chi connectivity index (χ0n) is 13.9. The summed E-state index contributed by atoms with van der Waals surface area (Å²) < 4.78 is 0. The van der Waals surface area contributed by atoms with Gasteiger partial charge in [0.2, 0.25) is 0 Å². The van der Waals surface area contributed by atoms with Crippen molar-refractivity contribution in [1.29, 1.82) is 0 Å². The minimum absolute atomic E-state index is 0. The van der Waals surface area contributed by atoms with Gasteiger partial charge in [0, 0.05) is 39.9 Å². The Labute approximate surface area is 173 Å². The second-order valence-electron chi connectivity index (χ2n) is 4.94. The minimum atomic E-state index is 0. The quantitative estimate of drug-likeness (QED) is 0.555. The third-order valence-electron chi connectivity index (χ3n) is 3.42. The smallest absolute Gasteiger partial charge is 0 e. The monoisotopic (exact) mass is 437 g/mol. The van der Waals surface area contributed by atoms with E-state index in [-0.39, 0.29) is 39.9 Å². The van der Waals surface area contributed by atoms with Crippen LogP contribution in [0.4, 0.5) is 0 Å². The van der Waals surface area contributed by atoms with Gasteiger partial charge in [0.05, 0.1) is 0 Å². The average molecular weight is 437 g/mol. The maximum atomic E-state index is 2.16. The van der Waals surface area contributed by atoms with Crippen LogP contribution >= 0.6 is 0 Å². The van der Waals surface area contributed by atoms with Crippen LogP contribution in [0.3, 0.4) is 0 Å².